The molecule has 1 unspecified atom stereocenters. The predicted octanol–water partition coefficient (Wildman–Crippen LogP) is 2.81. The van der Waals surface area contributed by atoms with E-state index in [2.05, 4.69) is 18.9 Å². The quantitative estimate of drug-likeness (QED) is 0.697. The fraction of sp³-hybridized carbons (Fsp3) is 0.409. The van der Waals surface area contributed by atoms with E-state index in [0.29, 0.717) is 36.8 Å². The molecular weight excluding hydrogens is 368 g/mol. The summed E-state index contributed by atoms with van der Waals surface area (Å²) in [6.07, 6.45) is 0.394. The highest BCUT2D eigenvalue weighted by atomic mass is 16.5. The third kappa shape index (κ3) is 3.70. The van der Waals surface area contributed by atoms with Gasteiger partial charge in [-0.1, -0.05) is 44.2 Å². The second-order valence-corrected chi connectivity index (χ2v) is 8.04. The molecule has 0 aliphatic carbocycles. The number of amides is 1. The summed E-state index contributed by atoms with van der Waals surface area (Å²) in [5.41, 5.74) is 3.68. The van der Waals surface area contributed by atoms with Crippen molar-refractivity contribution in [3.63, 3.8) is 0 Å². The molecule has 1 aliphatic rings. The van der Waals surface area contributed by atoms with E-state index < -0.39 is 0 Å². The maximum Gasteiger partial charge on any atom is 0.272 e. The number of methoxy groups -OCH3 is 1. The number of likely N-dealkylation sites (tertiary alicyclic amines) is 1. The van der Waals surface area contributed by atoms with Crippen LogP contribution in [0.1, 0.15) is 37.6 Å². The minimum atomic E-state index is -0.181. The predicted molar refractivity (Wildman–Crippen MR) is 111 cm³/mol. The first-order valence-corrected chi connectivity index (χ1v) is 9.94. The molecule has 0 radical (unpaired) electrons. The summed E-state index contributed by atoms with van der Waals surface area (Å²) >= 11 is 0. The SMILES string of the molecule is COCc1[nH]n2c(=O)cc(C3CC(=O)N(CC(C)C)C3)nc2c1-c1ccccc1. The highest BCUT2D eigenvalue weighted by Gasteiger charge is 2.32. The molecule has 0 saturated carbocycles. The molecule has 2 aromatic heterocycles. The Morgan fingerprint density at radius 1 is 1.24 bits per heavy atom. The average Bonchev–Trinajstić information content (AvgIpc) is 3.23. The van der Waals surface area contributed by atoms with E-state index in [1.54, 1.807) is 13.2 Å². The van der Waals surface area contributed by atoms with Gasteiger partial charge < -0.3 is 9.64 Å². The van der Waals surface area contributed by atoms with Crippen LogP contribution in [0.25, 0.3) is 16.8 Å². The summed E-state index contributed by atoms with van der Waals surface area (Å²) in [4.78, 5) is 32.0. The second-order valence-electron chi connectivity index (χ2n) is 8.04. The van der Waals surface area contributed by atoms with Gasteiger partial charge in [-0.05, 0) is 11.5 Å². The number of nitrogens with zero attached hydrogens (tertiary/aromatic N) is 3. The highest BCUT2D eigenvalue weighted by Crippen LogP contribution is 2.31. The fourth-order valence-electron chi connectivity index (χ4n) is 4.06. The minimum absolute atomic E-state index is 0.0663. The molecule has 3 aromatic rings. The van der Waals surface area contributed by atoms with Gasteiger partial charge in [-0.3, -0.25) is 14.7 Å². The van der Waals surface area contributed by atoms with Crippen LogP contribution in [-0.4, -0.2) is 45.6 Å². The maximum absolute atomic E-state index is 12.9. The normalized spacial score (nSPS) is 17.0. The van der Waals surface area contributed by atoms with E-state index in [1.807, 2.05) is 35.2 Å². The number of fused-ring (bicyclic) bond motifs is 1. The Morgan fingerprint density at radius 3 is 2.69 bits per heavy atom. The van der Waals surface area contributed by atoms with Gasteiger partial charge in [0.15, 0.2) is 5.65 Å². The van der Waals surface area contributed by atoms with Gasteiger partial charge in [0.1, 0.15) is 0 Å². The van der Waals surface area contributed by atoms with E-state index >= 15 is 0 Å². The number of carbonyl (C=O) groups excluding carboxylic acids is 1. The zero-order valence-corrected chi connectivity index (χ0v) is 17.0. The standard InChI is InChI=1S/C22H26N4O3/c1-14(2)11-25-12-16(9-19(25)27)17-10-20(28)26-22(23-17)21(18(24-26)13-29-3)15-7-5-4-6-8-15/h4-8,10,14,16,24H,9,11-13H2,1-3H3. The van der Waals surface area contributed by atoms with Crippen molar-refractivity contribution in [3.05, 3.63) is 58.1 Å². The molecule has 1 saturated heterocycles. The lowest BCUT2D eigenvalue weighted by atomic mass is 10.0. The van der Waals surface area contributed by atoms with Gasteiger partial charge in [0, 0.05) is 44.2 Å². The third-order valence-electron chi connectivity index (χ3n) is 5.28. The lowest BCUT2D eigenvalue weighted by molar-refractivity contribution is -0.128. The van der Waals surface area contributed by atoms with Crippen LogP contribution < -0.4 is 5.56 Å². The van der Waals surface area contributed by atoms with E-state index in [9.17, 15) is 9.59 Å². The molecule has 3 heterocycles. The monoisotopic (exact) mass is 394 g/mol. The Labute approximate surface area is 169 Å². The maximum atomic E-state index is 12.9. The van der Waals surface area contributed by atoms with E-state index in [0.717, 1.165) is 23.4 Å². The number of ether oxygens (including phenoxy) is 1. The van der Waals surface area contributed by atoms with Crippen LogP contribution in [0, 0.1) is 5.92 Å². The Bertz CT molecular complexity index is 1080. The Kier molecular flexibility index (Phi) is 5.24. The molecule has 29 heavy (non-hydrogen) atoms. The average molecular weight is 394 g/mol. The molecule has 0 bridgehead atoms. The van der Waals surface area contributed by atoms with Crippen LogP contribution in [-0.2, 0) is 16.1 Å². The first-order chi connectivity index (χ1) is 14.0. The smallest absolute Gasteiger partial charge is 0.272 e. The first kappa shape index (κ1) is 19.4. The lowest BCUT2D eigenvalue weighted by Crippen LogP contribution is -2.29. The number of aromatic amines is 1. The second kappa shape index (κ2) is 7.83. The van der Waals surface area contributed by atoms with Crippen LogP contribution in [0.2, 0.25) is 0 Å². The molecule has 1 aliphatic heterocycles. The fourth-order valence-corrected chi connectivity index (χ4v) is 4.06. The summed E-state index contributed by atoms with van der Waals surface area (Å²) < 4.78 is 6.79. The molecule has 1 fully saturated rings. The summed E-state index contributed by atoms with van der Waals surface area (Å²) in [5.74, 6) is 0.469. The number of nitrogens with one attached hydrogen (secondary N) is 1. The largest absolute Gasteiger partial charge is 0.378 e. The zero-order chi connectivity index (χ0) is 20.5. The number of hydrogen-bond donors (Lipinski definition) is 1. The molecule has 7 nitrogen and oxygen atoms in total. The van der Waals surface area contributed by atoms with Crippen molar-refractivity contribution in [2.75, 3.05) is 20.2 Å². The van der Waals surface area contributed by atoms with Crippen molar-refractivity contribution in [1.29, 1.82) is 0 Å². The number of rotatable bonds is 6. The topological polar surface area (TPSA) is 79.7 Å². The molecule has 152 valence electrons. The Hall–Kier alpha value is -2.93. The van der Waals surface area contributed by atoms with Crippen molar-refractivity contribution < 1.29 is 9.53 Å². The van der Waals surface area contributed by atoms with Gasteiger partial charge in [-0.15, -0.1) is 0 Å². The van der Waals surface area contributed by atoms with Crippen LogP contribution >= 0.6 is 0 Å². The summed E-state index contributed by atoms with van der Waals surface area (Å²) in [7, 11) is 1.62. The number of benzene rings is 1. The van der Waals surface area contributed by atoms with Gasteiger partial charge in [-0.2, -0.15) is 0 Å². The zero-order valence-electron chi connectivity index (χ0n) is 17.0. The van der Waals surface area contributed by atoms with Gasteiger partial charge in [0.2, 0.25) is 5.91 Å². The number of hydrogen-bond acceptors (Lipinski definition) is 4. The lowest BCUT2D eigenvalue weighted by Gasteiger charge is -2.18. The third-order valence-corrected chi connectivity index (χ3v) is 5.28. The van der Waals surface area contributed by atoms with Crippen molar-refractivity contribution >= 4 is 11.6 Å². The molecule has 1 N–H and O–H groups in total. The Morgan fingerprint density at radius 2 is 2.00 bits per heavy atom. The van der Waals surface area contributed by atoms with Gasteiger partial charge in [0.05, 0.1) is 18.0 Å². The van der Waals surface area contributed by atoms with Crippen LogP contribution in [0.5, 0.6) is 0 Å². The van der Waals surface area contributed by atoms with Crippen LogP contribution in [0.3, 0.4) is 0 Å². The summed E-state index contributed by atoms with van der Waals surface area (Å²) in [6, 6.07) is 11.4. The van der Waals surface area contributed by atoms with Crippen molar-refractivity contribution in [1.82, 2.24) is 19.5 Å². The molecule has 1 atom stereocenters. The van der Waals surface area contributed by atoms with E-state index in [1.165, 1.54) is 4.52 Å². The highest BCUT2D eigenvalue weighted by molar-refractivity contribution is 5.81. The first-order valence-electron chi connectivity index (χ1n) is 9.94. The minimum Gasteiger partial charge on any atom is -0.378 e. The molecule has 4 rings (SSSR count). The number of carbonyl (C=O) groups is 1. The van der Waals surface area contributed by atoms with Crippen LogP contribution in [0.4, 0.5) is 0 Å². The summed E-state index contributed by atoms with van der Waals surface area (Å²) in [6.45, 7) is 5.87. The Balaban J connectivity index is 1.80. The van der Waals surface area contributed by atoms with Crippen molar-refractivity contribution in [3.8, 4) is 11.1 Å². The van der Waals surface area contributed by atoms with E-state index in [4.69, 9.17) is 9.72 Å². The number of H-pyrrole nitrogens is 1. The van der Waals surface area contributed by atoms with Gasteiger partial charge in [-0.25, -0.2) is 9.50 Å². The van der Waals surface area contributed by atoms with Gasteiger partial charge >= 0.3 is 0 Å². The molecule has 1 amide bonds. The van der Waals surface area contributed by atoms with E-state index in [-0.39, 0.29) is 17.4 Å². The molecule has 1 aromatic carbocycles. The molecule has 0 spiro atoms. The molecule has 7 heteroatoms. The molecular formula is C22H26N4O3. The van der Waals surface area contributed by atoms with Crippen molar-refractivity contribution in [2.45, 2.75) is 32.8 Å². The van der Waals surface area contributed by atoms with Gasteiger partial charge in [0.25, 0.3) is 5.56 Å². The van der Waals surface area contributed by atoms with Crippen LogP contribution in [0.15, 0.2) is 41.2 Å². The summed E-state index contributed by atoms with van der Waals surface area (Å²) in [5, 5.41) is 3.13. The number of aromatic nitrogens is 3. The van der Waals surface area contributed by atoms with Crippen molar-refractivity contribution in [2.24, 2.45) is 5.92 Å².